The molecule has 0 fully saturated rings. The third-order valence-corrected chi connectivity index (χ3v) is 6.09. The van der Waals surface area contributed by atoms with E-state index in [2.05, 4.69) is 0 Å². The van der Waals surface area contributed by atoms with E-state index in [-0.39, 0.29) is 0 Å². The van der Waals surface area contributed by atoms with Gasteiger partial charge in [0.05, 0.1) is 4.90 Å². The Morgan fingerprint density at radius 3 is 2.08 bits per heavy atom. The zero-order chi connectivity index (χ0) is 18.0. The van der Waals surface area contributed by atoms with Gasteiger partial charge in [0.25, 0.3) is 0 Å². The number of sulfonamides is 1. The summed E-state index contributed by atoms with van der Waals surface area (Å²) in [6, 6.07) is 20.9. The van der Waals surface area contributed by atoms with E-state index in [0.29, 0.717) is 11.4 Å². The third kappa shape index (κ3) is 3.67. The van der Waals surface area contributed by atoms with Crippen LogP contribution in [0.2, 0.25) is 0 Å². The van der Waals surface area contributed by atoms with Crippen LogP contribution in [0.3, 0.4) is 0 Å². The van der Waals surface area contributed by atoms with Gasteiger partial charge < -0.3 is 4.90 Å². The van der Waals surface area contributed by atoms with Crippen LogP contribution in [0.4, 0.5) is 5.69 Å². The molecule has 0 atom stereocenters. The molecule has 0 aliphatic carbocycles. The van der Waals surface area contributed by atoms with Crippen molar-refractivity contribution >= 4 is 26.5 Å². The van der Waals surface area contributed by atoms with Crippen LogP contribution in [-0.2, 0) is 16.6 Å². The molecular formula is C20H22N2O2S. The van der Waals surface area contributed by atoms with Gasteiger partial charge in [-0.1, -0.05) is 42.5 Å². The fourth-order valence-corrected chi connectivity index (χ4v) is 3.94. The van der Waals surface area contributed by atoms with Gasteiger partial charge in [0.15, 0.2) is 0 Å². The lowest BCUT2D eigenvalue weighted by molar-refractivity contribution is 0.467. The molecule has 3 rings (SSSR count). The van der Waals surface area contributed by atoms with Gasteiger partial charge in [-0.3, -0.25) is 0 Å². The van der Waals surface area contributed by atoms with E-state index >= 15 is 0 Å². The van der Waals surface area contributed by atoms with Gasteiger partial charge in [-0.2, -0.15) is 4.31 Å². The molecule has 130 valence electrons. The number of rotatable bonds is 5. The lowest BCUT2D eigenvalue weighted by atomic mass is 10.1. The number of nitrogens with zero attached hydrogens (tertiary/aromatic N) is 2. The molecule has 0 saturated carbocycles. The van der Waals surface area contributed by atoms with Crippen molar-refractivity contribution < 1.29 is 8.42 Å². The van der Waals surface area contributed by atoms with Crippen molar-refractivity contribution in [2.75, 3.05) is 26.0 Å². The molecule has 0 bridgehead atoms. The molecule has 0 spiro atoms. The largest absolute Gasteiger partial charge is 0.378 e. The molecule has 0 saturated heterocycles. The Hall–Kier alpha value is -2.37. The van der Waals surface area contributed by atoms with Crippen molar-refractivity contribution in [2.24, 2.45) is 0 Å². The minimum Gasteiger partial charge on any atom is -0.378 e. The van der Waals surface area contributed by atoms with Gasteiger partial charge in [0, 0.05) is 33.4 Å². The van der Waals surface area contributed by atoms with Crippen molar-refractivity contribution in [3.05, 3.63) is 72.3 Å². The van der Waals surface area contributed by atoms with Gasteiger partial charge in [-0.15, -0.1) is 0 Å². The fourth-order valence-electron chi connectivity index (χ4n) is 2.75. The minimum atomic E-state index is -3.53. The van der Waals surface area contributed by atoms with E-state index < -0.39 is 10.0 Å². The lowest BCUT2D eigenvalue weighted by Gasteiger charge is -2.18. The highest BCUT2D eigenvalue weighted by Crippen LogP contribution is 2.22. The molecule has 0 unspecified atom stereocenters. The molecule has 5 heteroatoms. The molecule has 4 nitrogen and oxygen atoms in total. The molecule has 0 aromatic heterocycles. The van der Waals surface area contributed by atoms with Crippen LogP contribution in [0, 0.1) is 0 Å². The predicted octanol–water partition coefficient (Wildman–Crippen LogP) is 3.73. The summed E-state index contributed by atoms with van der Waals surface area (Å²) < 4.78 is 27.1. The van der Waals surface area contributed by atoms with Crippen molar-refractivity contribution in [3.8, 4) is 0 Å². The third-order valence-electron chi connectivity index (χ3n) is 4.29. The van der Waals surface area contributed by atoms with Crippen LogP contribution < -0.4 is 4.90 Å². The van der Waals surface area contributed by atoms with E-state index in [1.165, 1.54) is 4.31 Å². The van der Waals surface area contributed by atoms with E-state index in [0.717, 1.165) is 22.0 Å². The summed E-state index contributed by atoms with van der Waals surface area (Å²) in [5.74, 6) is 0. The molecule has 0 amide bonds. The Morgan fingerprint density at radius 2 is 1.44 bits per heavy atom. The molecule has 3 aromatic rings. The summed E-state index contributed by atoms with van der Waals surface area (Å²) in [6.07, 6.45) is 0. The Bertz CT molecular complexity index is 980. The Kier molecular flexibility index (Phi) is 4.79. The molecule has 0 heterocycles. The number of hydrogen-bond donors (Lipinski definition) is 0. The van der Waals surface area contributed by atoms with Crippen LogP contribution in [0.1, 0.15) is 5.56 Å². The zero-order valence-electron chi connectivity index (χ0n) is 14.7. The zero-order valence-corrected chi connectivity index (χ0v) is 15.5. The highest BCUT2D eigenvalue weighted by atomic mass is 32.2. The number of anilines is 1. The molecule has 0 N–H and O–H groups in total. The summed E-state index contributed by atoms with van der Waals surface area (Å²) in [7, 11) is 2.04. The summed E-state index contributed by atoms with van der Waals surface area (Å²) in [4.78, 5) is 2.33. The maximum Gasteiger partial charge on any atom is 0.243 e. The molecule has 0 aliphatic heterocycles. The van der Waals surface area contributed by atoms with Gasteiger partial charge in [0.2, 0.25) is 10.0 Å². The van der Waals surface area contributed by atoms with Crippen molar-refractivity contribution in [3.63, 3.8) is 0 Å². The molecule has 25 heavy (non-hydrogen) atoms. The maximum atomic E-state index is 12.9. The first-order valence-corrected chi connectivity index (χ1v) is 9.53. The van der Waals surface area contributed by atoms with Crippen LogP contribution in [0.5, 0.6) is 0 Å². The van der Waals surface area contributed by atoms with E-state index in [1.54, 1.807) is 19.2 Å². The van der Waals surface area contributed by atoms with Crippen molar-refractivity contribution in [2.45, 2.75) is 11.4 Å². The normalized spacial score (nSPS) is 11.8. The Balaban J connectivity index is 1.84. The lowest BCUT2D eigenvalue weighted by Crippen LogP contribution is -2.26. The molecule has 0 radical (unpaired) electrons. The fraction of sp³-hybridized carbons (Fsp3) is 0.200. The average molecular weight is 354 g/mol. The van der Waals surface area contributed by atoms with Crippen molar-refractivity contribution in [1.82, 2.24) is 4.31 Å². The topological polar surface area (TPSA) is 40.6 Å². The van der Waals surface area contributed by atoms with Crippen LogP contribution in [-0.4, -0.2) is 33.9 Å². The minimum absolute atomic E-state index is 0.318. The summed E-state index contributed by atoms with van der Waals surface area (Å²) >= 11 is 0. The predicted molar refractivity (Wildman–Crippen MR) is 103 cm³/mol. The van der Waals surface area contributed by atoms with Crippen LogP contribution in [0.15, 0.2) is 71.6 Å². The quantitative estimate of drug-likeness (QED) is 0.701. The number of fused-ring (bicyclic) bond motifs is 1. The SMILES string of the molecule is CN(C)c1ccc(CN(C)S(=O)(=O)c2ccc3ccccc3c2)cc1. The van der Waals surface area contributed by atoms with Crippen LogP contribution >= 0.6 is 0 Å². The Morgan fingerprint density at radius 1 is 0.800 bits per heavy atom. The smallest absolute Gasteiger partial charge is 0.243 e. The van der Waals surface area contributed by atoms with E-state index in [9.17, 15) is 8.42 Å². The highest BCUT2D eigenvalue weighted by Gasteiger charge is 2.21. The Labute approximate surface area is 149 Å². The van der Waals surface area contributed by atoms with E-state index in [4.69, 9.17) is 0 Å². The van der Waals surface area contributed by atoms with Crippen molar-refractivity contribution in [1.29, 1.82) is 0 Å². The number of hydrogen-bond acceptors (Lipinski definition) is 3. The van der Waals surface area contributed by atoms with E-state index in [1.807, 2.05) is 73.6 Å². The second-order valence-electron chi connectivity index (χ2n) is 6.33. The average Bonchev–Trinajstić information content (AvgIpc) is 2.61. The summed E-state index contributed by atoms with van der Waals surface area (Å²) in [6.45, 7) is 0.336. The molecular weight excluding hydrogens is 332 g/mol. The second-order valence-corrected chi connectivity index (χ2v) is 8.38. The first kappa shape index (κ1) is 17.5. The standard InChI is InChI=1S/C20H22N2O2S/c1-21(2)19-11-8-16(9-12-19)15-22(3)25(23,24)20-13-10-17-6-4-5-7-18(17)14-20/h4-14H,15H2,1-3H3. The molecule has 0 aliphatic rings. The first-order valence-electron chi connectivity index (χ1n) is 8.09. The van der Waals surface area contributed by atoms with Crippen LogP contribution in [0.25, 0.3) is 10.8 Å². The van der Waals surface area contributed by atoms with Gasteiger partial charge in [-0.25, -0.2) is 8.42 Å². The summed E-state index contributed by atoms with van der Waals surface area (Å²) in [5.41, 5.74) is 2.04. The maximum absolute atomic E-state index is 12.9. The van der Waals surface area contributed by atoms with Gasteiger partial charge in [-0.05, 0) is 40.6 Å². The monoisotopic (exact) mass is 354 g/mol. The highest BCUT2D eigenvalue weighted by molar-refractivity contribution is 7.89. The number of benzene rings is 3. The molecule has 3 aromatic carbocycles. The first-order chi connectivity index (χ1) is 11.9. The van der Waals surface area contributed by atoms with Gasteiger partial charge in [0.1, 0.15) is 0 Å². The summed E-state index contributed by atoms with van der Waals surface area (Å²) in [5, 5.41) is 1.95. The van der Waals surface area contributed by atoms with Gasteiger partial charge >= 0.3 is 0 Å². The second kappa shape index (κ2) is 6.86.